The van der Waals surface area contributed by atoms with Crippen LogP contribution in [0.5, 0.6) is 17.2 Å². The Morgan fingerprint density at radius 1 is 0.971 bits per heavy atom. The number of nitrogens with zero attached hydrogens (tertiary/aromatic N) is 2. The molecule has 0 unspecified atom stereocenters. The van der Waals surface area contributed by atoms with Gasteiger partial charge in [0.25, 0.3) is 0 Å². The summed E-state index contributed by atoms with van der Waals surface area (Å²) in [5, 5.41) is 8.22. The first-order valence-electron chi connectivity index (χ1n) is 10.3. The number of hydrogen-bond donors (Lipinski definition) is 2. The normalized spacial score (nSPS) is 10.7. The summed E-state index contributed by atoms with van der Waals surface area (Å²) in [6, 6.07) is 18.7. The average molecular weight is 517 g/mol. The van der Waals surface area contributed by atoms with Gasteiger partial charge in [-0.3, -0.25) is 0 Å². The summed E-state index contributed by atoms with van der Waals surface area (Å²) >= 11 is 18.2. The van der Waals surface area contributed by atoms with Gasteiger partial charge < -0.3 is 19.6 Å². The van der Waals surface area contributed by atoms with Crippen LogP contribution in [0.2, 0.25) is 10.0 Å². The van der Waals surface area contributed by atoms with Crippen molar-refractivity contribution in [3.8, 4) is 28.6 Å². The number of rotatable bonds is 9. The van der Waals surface area contributed by atoms with Crippen LogP contribution in [0.25, 0.3) is 11.4 Å². The maximum Gasteiger partial charge on any atom is 0.214 e. The quantitative estimate of drug-likeness (QED) is 0.256. The molecule has 0 amide bonds. The zero-order valence-corrected chi connectivity index (χ0v) is 20.8. The minimum Gasteiger partial charge on any atom is -0.496 e. The Labute approximate surface area is 212 Å². The van der Waals surface area contributed by atoms with Gasteiger partial charge in [-0.1, -0.05) is 53.5 Å². The molecule has 2 N–H and O–H groups in total. The van der Waals surface area contributed by atoms with Crippen LogP contribution in [-0.4, -0.2) is 29.1 Å². The fourth-order valence-electron chi connectivity index (χ4n) is 3.40. The van der Waals surface area contributed by atoms with E-state index in [1.807, 2.05) is 60.7 Å². The van der Waals surface area contributed by atoms with E-state index in [9.17, 15) is 0 Å². The molecule has 10 heteroatoms. The van der Waals surface area contributed by atoms with Gasteiger partial charge >= 0.3 is 0 Å². The van der Waals surface area contributed by atoms with Crippen LogP contribution < -0.4 is 19.6 Å². The van der Waals surface area contributed by atoms with Gasteiger partial charge in [0.15, 0.2) is 17.3 Å². The number of aromatic amines is 1. The predicted octanol–water partition coefficient (Wildman–Crippen LogP) is 6.25. The minimum absolute atomic E-state index is 0.264. The zero-order chi connectivity index (χ0) is 24.1. The van der Waals surface area contributed by atoms with E-state index >= 15 is 0 Å². The van der Waals surface area contributed by atoms with E-state index in [0.29, 0.717) is 44.4 Å². The van der Waals surface area contributed by atoms with Crippen LogP contribution in [-0.2, 0) is 13.2 Å². The van der Waals surface area contributed by atoms with Crippen LogP contribution in [0.15, 0.2) is 60.7 Å². The molecule has 0 bridgehead atoms. The van der Waals surface area contributed by atoms with Gasteiger partial charge in [0, 0.05) is 10.6 Å². The van der Waals surface area contributed by atoms with Crippen molar-refractivity contribution in [2.24, 2.45) is 0 Å². The van der Waals surface area contributed by atoms with Gasteiger partial charge in [-0.25, -0.2) is 9.77 Å². The van der Waals surface area contributed by atoms with Crippen LogP contribution >= 0.6 is 35.4 Å². The molecule has 0 radical (unpaired) electrons. The lowest BCUT2D eigenvalue weighted by molar-refractivity contribution is 0.284. The number of benzene rings is 3. The SMILES string of the molecule is COc1ccccc1-c1n[nH]c(=S)n1NCc1cc(Cl)c(OCc2ccccc2Cl)c(OC)c1. The first-order valence-corrected chi connectivity index (χ1v) is 11.5. The van der Waals surface area contributed by atoms with E-state index in [4.69, 9.17) is 49.6 Å². The van der Waals surface area contributed by atoms with Crippen molar-refractivity contribution >= 4 is 35.4 Å². The summed E-state index contributed by atoms with van der Waals surface area (Å²) in [7, 11) is 3.18. The second-order valence-corrected chi connectivity index (χ2v) is 8.41. The molecule has 4 aromatic rings. The highest BCUT2D eigenvalue weighted by Gasteiger charge is 2.16. The molecular formula is C24H22Cl2N4O3S. The third-order valence-corrected chi connectivity index (χ3v) is 6.00. The van der Waals surface area contributed by atoms with Crippen molar-refractivity contribution in [3.63, 3.8) is 0 Å². The van der Waals surface area contributed by atoms with Gasteiger partial charge in [-0.2, -0.15) is 5.10 Å². The van der Waals surface area contributed by atoms with E-state index in [2.05, 4.69) is 15.6 Å². The molecule has 1 heterocycles. The molecule has 0 aliphatic carbocycles. The Morgan fingerprint density at radius 2 is 1.71 bits per heavy atom. The first-order chi connectivity index (χ1) is 16.5. The van der Waals surface area contributed by atoms with Gasteiger partial charge in [-0.15, -0.1) is 0 Å². The van der Waals surface area contributed by atoms with Gasteiger partial charge in [0.1, 0.15) is 12.4 Å². The van der Waals surface area contributed by atoms with E-state index in [0.717, 1.165) is 16.7 Å². The Balaban J connectivity index is 1.55. The standard InChI is InChI=1S/C24H22Cl2N4O3S/c1-31-20-10-6-4-8-17(20)23-28-29-24(34)30(23)27-13-15-11-19(26)22(21(12-15)32-2)33-14-16-7-3-5-9-18(16)25/h3-12,27H,13-14H2,1-2H3,(H,29,34). The van der Waals surface area contributed by atoms with Crippen LogP contribution in [0.3, 0.4) is 0 Å². The molecular weight excluding hydrogens is 495 g/mol. The number of ether oxygens (including phenoxy) is 3. The van der Waals surface area contributed by atoms with E-state index in [-0.39, 0.29) is 6.61 Å². The Kier molecular flexibility index (Phi) is 7.62. The summed E-state index contributed by atoms with van der Waals surface area (Å²) in [6.45, 7) is 0.663. The first kappa shape index (κ1) is 23.9. The lowest BCUT2D eigenvalue weighted by atomic mass is 10.2. The number of methoxy groups -OCH3 is 2. The third-order valence-electron chi connectivity index (χ3n) is 5.08. The van der Waals surface area contributed by atoms with Crippen molar-refractivity contribution in [1.82, 2.24) is 14.9 Å². The number of halogens is 2. The lowest BCUT2D eigenvalue weighted by Crippen LogP contribution is -2.16. The second-order valence-electron chi connectivity index (χ2n) is 7.21. The smallest absolute Gasteiger partial charge is 0.214 e. The van der Waals surface area contributed by atoms with Crippen molar-refractivity contribution in [2.75, 3.05) is 19.6 Å². The summed E-state index contributed by atoms with van der Waals surface area (Å²) in [5.74, 6) is 2.24. The molecule has 7 nitrogen and oxygen atoms in total. The van der Waals surface area contributed by atoms with Crippen molar-refractivity contribution < 1.29 is 14.2 Å². The number of hydrogen-bond acceptors (Lipinski definition) is 6. The minimum atomic E-state index is 0.264. The maximum absolute atomic E-state index is 6.55. The lowest BCUT2D eigenvalue weighted by Gasteiger charge is -2.16. The molecule has 1 aromatic heterocycles. The van der Waals surface area contributed by atoms with Crippen LogP contribution in [0.1, 0.15) is 11.1 Å². The summed E-state index contributed by atoms with van der Waals surface area (Å²) < 4.78 is 19.0. The molecule has 0 aliphatic rings. The summed E-state index contributed by atoms with van der Waals surface area (Å²) in [5.41, 5.74) is 5.79. The van der Waals surface area contributed by atoms with Gasteiger partial charge in [-0.05, 0) is 48.1 Å². The number of para-hydroxylation sites is 1. The maximum atomic E-state index is 6.55. The van der Waals surface area contributed by atoms with Crippen LogP contribution in [0.4, 0.5) is 0 Å². The molecule has 0 aliphatic heterocycles. The van der Waals surface area contributed by atoms with Crippen molar-refractivity contribution in [3.05, 3.63) is 86.6 Å². The highest BCUT2D eigenvalue weighted by molar-refractivity contribution is 7.71. The highest BCUT2D eigenvalue weighted by atomic mass is 35.5. The molecule has 0 atom stereocenters. The molecule has 176 valence electrons. The predicted molar refractivity (Wildman–Crippen MR) is 136 cm³/mol. The molecule has 3 aromatic carbocycles. The molecule has 0 fully saturated rings. The molecule has 0 saturated carbocycles. The van der Waals surface area contributed by atoms with Crippen molar-refractivity contribution in [1.29, 1.82) is 0 Å². The molecule has 34 heavy (non-hydrogen) atoms. The number of aromatic nitrogens is 3. The fourth-order valence-corrected chi connectivity index (χ4v) is 4.08. The molecule has 0 spiro atoms. The average Bonchev–Trinajstić information content (AvgIpc) is 3.22. The van der Waals surface area contributed by atoms with E-state index in [1.165, 1.54) is 0 Å². The van der Waals surface area contributed by atoms with Crippen molar-refractivity contribution in [2.45, 2.75) is 13.2 Å². The van der Waals surface area contributed by atoms with Crippen LogP contribution in [0, 0.1) is 4.77 Å². The topological polar surface area (TPSA) is 73.3 Å². The number of nitrogens with one attached hydrogen (secondary N) is 2. The van der Waals surface area contributed by atoms with E-state index < -0.39 is 0 Å². The molecule has 4 rings (SSSR count). The zero-order valence-electron chi connectivity index (χ0n) is 18.5. The fraction of sp³-hybridized carbons (Fsp3) is 0.167. The Hall–Kier alpha value is -3.20. The Bertz CT molecular complexity index is 1360. The molecule has 0 saturated heterocycles. The van der Waals surface area contributed by atoms with E-state index in [1.54, 1.807) is 18.9 Å². The largest absolute Gasteiger partial charge is 0.496 e. The Morgan fingerprint density at radius 3 is 2.47 bits per heavy atom. The second kappa shape index (κ2) is 10.8. The highest BCUT2D eigenvalue weighted by Crippen LogP contribution is 2.37. The third kappa shape index (κ3) is 5.14. The summed E-state index contributed by atoms with van der Waals surface area (Å²) in [4.78, 5) is 0. The monoisotopic (exact) mass is 516 g/mol. The number of H-pyrrole nitrogens is 1. The van der Waals surface area contributed by atoms with Gasteiger partial charge in [0.05, 0.1) is 31.4 Å². The summed E-state index contributed by atoms with van der Waals surface area (Å²) in [6.07, 6.45) is 0. The van der Waals surface area contributed by atoms with Gasteiger partial charge in [0.2, 0.25) is 4.77 Å².